The minimum Gasteiger partial charge on any atom is -0.492 e. The van der Waals surface area contributed by atoms with Gasteiger partial charge >= 0.3 is 0 Å². The highest BCUT2D eigenvalue weighted by atomic mass is 16.5. The van der Waals surface area contributed by atoms with Crippen molar-refractivity contribution in [2.24, 2.45) is 5.73 Å². The molecule has 26 heavy (non-hydrogen) atoms. The fourth-order valence-electron chi connectivity index (χ4n) is 3.85. The van der Waals surface area contributed by atoms with Gasteiger partial charge in [-0.1, -0.05) is 12.1 Å². The Morgan fingerprint density at radius 3 is 2.73 bits per heavy atom. The highest BCUT2D eigenvalue weighted by molar-refractivity contribution is 5.91. The van der Waals surface area contributed by atoms with Gasteiger partial charge in [-0.25, -0.2) is 0 Å². The van der Waals surface area contributed by atoms with Crippen LogP contribution in [0.3, 0.4) is 0 Å². The Balaban J connectivity index is 1.44. The van der Waals surface area contributed by atoms with E-state index in [4.69, 9.17) is 10.5 Å². The topological polar surface area (TPSA) is 68.5 Å². The molecule has 0 atom stereocenters. The van der Waals surface area contributed by atoms with E-state index in [1.54, 1.807) is 18.5 Å². The SMILES string of the molecule is NCc1ccc2c(c1)C1(CCN(C(=O)/C=C/c3ccncc3)CC1)CO2. The lowest BCUT2D eigenvalue weighted by molar-refractivity contribution is -0.127. The summed E-state index contributed by atoms with van der Waals surface area (Å²) in [5.41, 5.74) is 9.20. The van der Waals surface area contributed by atoms with Gasteiger partial charge in [0.05, 0.1) is 6.61 Å². The molecule has 1 saturated heterocycles. The molecule has 0 radical (unpaired) electrons. The molecule has 1 spiro atoms. The summed E-state index contributed by atoms with van der Waals surface area (Å²) in [5, 5.41) is 0. The number of carbonyl (C=O) groups is 1. The lowest BCUT2D eigenvalue weighted by Crippen LogP contribution is -2.45. The first-order chi connectivity index (χ1) is 12.7. The molecule has 0 bridgehead atoms. The molecule has 0 unspecified atom stereocenters. The smallest absolute Gasteiger partial charge is 0.246 e. The molecular weight excluding hydrogens is 326 g/mol. The summed E-state index contributed by atoms with van der Waals surface area (Å²) < 4.78 is 5.93. The predicted octanol–water partition coefficient (Wildman–Crippen LogP) is 2.51. The molecule has 0 saturated carbocycles. The molecule has 3 heterocycles. The molecule has 1 aromatic heterocycles. The number of hydrogen-bond acceptors (Lipinski definition) is 4. The van der Waals surface area contributed by atoms with Crippen LogP contribution >= 0.6 is 0 Å². The van der Waals surface area contributed by atoms with Gasteiger partial charge in [0, 0.05) is 49.1 Å². The number of rotatable bonds is 3. The summed E-state index contributed by atoms with van der Waals surface area (Å²) >= 11 is 0. The summed E-state index contributed by atoms with van der Waals surface area (Å²) in [6, 6.07) is 10.0. The monoisotopic (exact) mass is 349 g/mol. The van der Waals surface area contributed by atoms with E-state index in [9.17, 15) is 4.79 Å². The number of pyridine rings is 1. The normalized spacial score (nSPS) is 18.1. The minimum absolute atomic E-state index is 0.0199. The van der Waals surface area contributed by atoms with Crippen LogP contribution in [0, 0.1) is 0 Å². The van der Waals surface area contributed by atoms with Gasteiger partial charge in [0.2, 0.25) is 5.91 Å². The van der Waals surface area contributed by atoms with E-state index in [2.05, 4.69) is 11.1 Å². The molecule has 2 aliphatic rings. The summed E-state index contributed by atoms with van der Waals surface area (Å²) in [6.07, 6.45) is 8.78. The van der Waals surface area contributed by atoms with Crippen LogP contribution in [0.15, 0.2) is 48.8 Å². The van der Waals surface area contributed by atoms with Crippen molar-refractivity contribution in [1.29, 1.82) is 0 Å². The van der Waals surface area contributed by atoms with Gasteiger partial charge in [-0.2, -0.15) is 0 Å². The van der Waals surface area contributed by atoms with E-state index in [0.717, 1.165) is 42.8 Å². The highest BCUT2D eigenvalue weighted by Crippen LogP contribution is 2.45. The summed E-state index contributed by atoms with van der Waals surface area (Å²) in [5.74, 6) is 1.03. The zero-order valence-electron chi connectivity index (χ0n) is 14.7. The number of ether oxygens (including phenoxy) is 1. The van der Waals surface area contributed by atoms with E-state index in [0.29, 0.717) is 13.2 Å². The number of fused-ring (bicyclic) bond motifs is 2. The zero-order valence-corrected chi connectivity index (χ0v) is 14.7. The Hall–Kier alpha value is -2.66. The van der Waals surface area contributed by atoms with Crippen molar-refractivity contribution in [1.82, 2.24) is 9.88 Å². The molecule has 5 heteroatoms. The fraction of sp³-hybridized carbons (Fsp3) is 0.333. The van der Waals surface area contributed by atoms with E-state index in [1.807, 2.05) is 35.2 Å². The number of piperidine rings is 1. The minimum atomic E-state index is 0.0199. The standard InChI is InChI=1S/C21H23N3O2/c22-14-17-1-3-19-18(13-17)21(15-26-19)7-11-24(12-8-21)20(25)4-2-16-5-9-23-10-6-16/h1-6,9-10,13H,7-8,11-12,14-15,22H2/b4-2+. The average Bonchev–Trinajstić information content (AvgIpc) is 3.05. The number of benzene rings is 1. The molecule has 4 rings (SSSR count). The first-order valence-corrected chi connectivity index (χ1v) is 9.03. The fourth-order valence-corrected chi connectivity index (χ4v) is 3.85. The van der Waals surface area contributed by atoms with Gasteiger partial charge in [0.15, 0.2) is 0 Å². The molecule has 1 fully saturated rings. The maximum absolute atomic E-state index is 12.5. The van der Waals surface area contributed by atoms with Crippen LogP contribution in [0.25, 0.3) is 6.08 Å². The third-order valence-corrected chi connectivity index (χ3v) is 5.51. The first kappa shape index (κ1) is 16.8. The van der Waals surface area contributed by atoms with Gasteiger partial charge in [-0.15, -0.1) is 0 Å². The van der Waals surface area contributed by atoms with E-state index < -0.39 is 0 Å². The lowest BCUT2D eigenvalue weighted by atomic mass is 9.74. The number of likely N-dealkylation sites (tertiary alicyclic amines) is 1. The Morgan fingerprint density at radius 1 is 1.23 bits per heavy atom. The summed E-state index contributed by atoms with van der Waals surface area (Å²) in [7, 11) is 0. The van der Waals surface area contributed by atoms with Crippen LogP contribution < -0.4 is 10.5 Å². The number of carbonyl (C=O) groups excluding carboxylic acids is 1. The van der Waals surface area contributed by atoms with Crippen molar-refractivity contribution >= 4 is 12.0 Å². The van der Waals surface area contributed by atoms with E-state index >= 15 is 0 Å². The predicted molar refractivity (Wildman–Crippen MR) is 101 cm³/mol. The van der Waals surface area contributed by atoms with Gasteiger partial charge in [-0.05, 0) is 48.2 Å². The third kappa shape index (κ3) is 3.10. The number of nitrogens with zero attached hydrogens (tertiary/aromatic N) is 2. The van der Waals surface area contributed by atoms with Crippen molar-refractivity contribution in [2.75, 3.05) is 19.7 Å². The van der Waals surface area contributed by atoms with Gasteiger partial charge < -0.3 is 15.4 Å². The van der Waals surface area contributed by atoms with Crippen LogP contribution in [0.5, 0.6) is 5.75 Å². The number of aromatic nitrogens is 1. The first-order valence-electron chi connectivity index (χ1n) is 9.03. The van der Waals surface area contributed by atoms with E-state index in [-0.39, 0.29) is 11.3 Å². The van der Waals surface area contributed by atoms with Gasteiger partial charge in [-0.3, -0.25) is 9.78 Å². The molecule has 2 aliphatic heterocycles. The Bertz CT molecular complexity index is 824. The molecular formula is C21H23N3O2. The van der Waals surface area contributed by atoms with Gasteiger partial charge in [0.25, 0.3) is 0 Å². The second-order valence-electron chi connectivity index (χ2n) is 7.04. The second-order valence-corrected chi connectivity index (χ2v) is 7.04. The Kier molecular flexibility index (Phi) is 4.47. The van der Waals surface area contributed by atoms with Crippen molar-refractivity contribution in [3.05, 3.63) is 65.5 Å². The summed E-state index contributed by atoms with van der Waals surface area (Å²) in [6.45, 7) is 2.73. The maximum Gasteiger partial charge on any atom is 0.246 e. The number of hydrogen-bond donors (Lipinski definition) is 1. The second kappa shape index (κ2) is 6.92. The quantitative estimate of drug-likeness (QED) is 0.865. The lowest BCUT2D eigenvalue weighted by Gasteiger charge is -2.38. The third-order valence-electron chi connectivity index (χ3n) is 5.51. The highest BCUT2D eigenvalue weighted by Gasteiger charge is 2.43. The number of nitrogens with two attached hydrogens (primary N) is 1. The summed E-state index contributed by atoms with van der Waals surface area (Å²) in [4.78, 5) is 18.4. The maximum atomic E-state index is 12.5. The van der Waals surface area contributed by atoms with Crippen LogP contribution in [-0.2, 0) is 16.8 Å². The molecule has 1 amide bonds. The number of amides is 1. The van der Waals surface area contributed by atoms with Gasteiger partial charge in [0.1, 0.15) is 5.75 Å². The van der Waals surface area contributed by atoms with Crippen LogP contribution in [0.4, 0.5) is 0 Å². The molecule has 1 aromatic carbocycles. The molecule has 0 aliphatic carbocycles. The zero-order chi connectivity index (χ0) is 18.0. The Labute approximate surface area is 153 Å². The molecule has 5 nitrogen and oxygen atoms in total. The van der Waals surface area contributed by atoms with Crippen molar-refractivity contribution in [3.63, 3.8) is 0 Å². The van der Waals surface area contributed by atoms with Crippen LogP contribution in [0.1, 0.15) is 29.5 Å². The molecule has 2 N–H and O–H groups in total. The van der Waals surface area contributed by atoms with Crippen molar-refractivity contribution in [2.45, 2.75) is 24.8 Å². The van der Waals surface area contributed by atoms with Crippen molar-refractivity contribution < 1.29 is 9.53 Å². The van der Waals surface area contributed by atoms with Crippen LogP contribution in [0.2, 0.25) is 0 Å². The molecule has 134 valence electrons. The average molecular weight is 349 g/mol. The Morgan fingerprint density at radius 2 is 2.00 bits per heavy atom. The largest absolute Gasteiger partial charge is 0.492 e. The van der Waals surface area contributed by atoms with E-state index in [1.165, 1.54) is 5.56 Å². The van der Waals surface area contributed by atoms with Crippen molar-refractivity contribution in [3.8, 4) is 5.75 Å². The van der Waals surface area contributed by atoms with Crippen LogP contribution in [-0.4, -0.2) is 35.5 Å². The molecule has 2 aromatic rings.